The average Bonchev–Trinajstić information content (AvgIpc) is 3.89. The molecule has 0 saturated carbocycles. The fraction of sp³-hybridized carbons (Fsp3) is 0.111. The van der Waals surface area contributed by atoms with E-state index in [1.807, 2.05) is 32.2 Å². The Balaban J connectivity index is 0.00000190. The lowest BCUT2D eigenvalue weighted by Crippen LogP contribution is -1.94. The summed E-state index contributed by atoms with van der Waals surface area (Å²) in [6, 6.07) is 28.1. The van der Waals surface area contributed by atoms with Crippen LogP contribution in [0.4, 0.5) is 0 Å². The molecule has 2 nitrogen and oxygen atoms in total. The second-order valence-corrected chi connectivity index (χ2v) is 11.7. The molecule has 0 fully saturated rings. The van der Waals surface area contributed by atoms with Crippen molar-refractivity contribution in [2.24, 2.45) is 4.99 Å². The van der Waals surface area contributed by atoms with Crippen molar-refractivity contribution >= 4 is 44.6 Å². The molecule has 0 spiro atoms. The van der Waals surface area contributed by atoms with E-state index in [2.05, 4.69) is 152 Å². The summed E-state index contributed by atoms with van der Waals surface area (Å²) >= 11 is 0. The lowest BCUT2D eigenvalue weighted by Gasteiger charge is -2.15. The molecule has 1 N–H and O–H groups in total. The van der Waals surface area contributed by atoms with Crippen LogP contribution in [0.15, 0.2) is 162 Å². The van der Waals surface area contributed by atoms with Crippen molar-refractivity contribution in [2.75, 3.05) is 6.54 Å². The summed E-state index contributed by atoms with van der Waals surface area (Å²) in [5, 5.41) is 3.59. The fourth-order valence-electron chi connectivity index (χ4n) is 6.29. The van der Waals surface area contributed by atoms with Crippen LogP contribution in [0.3, 0.4) is 0 Å². The number of fused-ring (bicyclic) bond motifs is 2. The number of hydrogen-bond acceptors (Lipinski definition) is 1. The molecular weight excluding hydrogens is 569 g/mol. The van der Waals surface area contributed by atoms with Gasteiger partial charge in [0.05, 0.1) is 6.54 Å². The number of nitrogens with one attached hydrogen (secondary N) is 1. The van der Waals surface area contributed by atoms with Crippen LogP contribution < -0.4 is 0 Å². The van der Waals surface area contributed by atoms with Gasteiger partial charge in [-0.25, -0.2) is 0 Å². The van der Waals surface area contributed by atoms with E-state index in [0.29, 0.717) is 0 Å². The number of aromatic amines is 1. The van der Waals surface area contributed by atoms with E-state index in [1.54, 1.807) is 0 Å². The zero-order valence-electron chi connectivity index (χ0n) is 27.7. The van der Waals surface area contributed by atoms with Gasteiger partial charge in [-0.1, -0.05) is 118 Å². The fourth-order valence-corrected chi connectivity index (χ4v) is 6.29. The van der Waals surface area contributed by atoms with Crippen molar-refractivity contribution in [2.45, 2.75) is 27.7 Å². The summed E-state index contributed by atoms with van der Waals surface area (Å²) in [6.07, 6.45) is 16.5. The summed E-state index contributed by atoms with van der Waals surface area (Å²) in [4.78, 5) is 7.93. The number of hydrogen-bond donors (Lipinski definition) is 1. The molecular formula is C45H40N2. The van der Waals surface area contributed by atoms with Gasteiger partial charge in [0.25, 0.3) is 0 Å². The molecule has 0 radical (unpaired) electrons. The Kier molecular flexibility index (Phi) is 9.16. The first-order valence-electron chi connectivity index (χ1n) is 16.3. The van der Waals surface area contributed by atoms with Crippen molar-refractivity contribution in [1.29, 1.82) is 0 Å². The SMILES string of the molecule is C=C(/C=C\C1=C(C)C=C=C1)/C(=C/C(=C)c1cccc2ccccc12)c1ccc2c(-c3ccc(C4=CC=NC4)cc3)c[nH]c2c1C.CC. The maximum atomic E-state index is 4.55. The lowest BCUT2D eigenvalue weighted by molar-refractivity contribution is 1.30. The number of aliphatic imine (C=N–C) groups is 1. The van der Waals surface area contributed by atoms with Crippen molar-refractivity contribution < 1.29 is 0 Å². The minimum atomic E-state index is 0.752. The van der Waals surface area contributed by atoms with Crippen molar-refractivity contribution in [3.05, 3.63) is 179 Å². The maximum Gasteiger partial charge on any atom is 0.0646 e. The molecule has 2 heterocycles. The maximum absolute atomic E-state index is 4.55. The van der Waals surface area contributed by atoms with Crippen LogP contribution >= 0.6 is 0 Å². The first-order valence-corrected chi connectivity index (χ1v) is 16.3. The smallest absolute Gasteiger partial charge is 0.0646 e. The highest BCUT2D eigenvalue weighted by Gasteiger charge is 2.16. The number of aryl methyl sites for hydroxylation is 1. The van der Waals surface area contributed by atoms with E-state index in [-0.39, 0.29) is 0 Å². The third-order valence-electron chi connectivity index (χ3n) is 8.87. The van der Waals surface area contributed by atoms with E-state index in [9.17, 15) is 0 Å². The topological polar surface area (TPSA) is 28.1 Å². The molecule has 0 unspecified atom stereocenters. The molecule has 7 rings (SSSR count). The quantitative estimate of drug-likeness (QED) is 0.134. The Hall–Kier alpha value is -5.69. The second kappa shape index (κ2) is 13.7. The molecule has 5 aromatic rings. The van der Waals surface area contributed by atoms with Gasteiger partial charge in [0.15, 0.2) is 0 Å². The van der Waals surface area contributed by atoms with Crippen LogP contribution in [-0.2, 0) is 0 Å². The van der Waals surface area contributed by atoms with E-state index in [4.69, 9.17) is 0 Å². The monoisotopic (exact) mass is 608 g/mol. The molecule has 1 aliphatic heterocycles. The highest BCUT2D eigenvalue weighted by molar-refractivity contribution is 6.03. The molecule has 0 bridgehead atoms. The summed E-state index contributed by atoms with van der Waals surface area (Å²) in [5.74, 6) is 0. The normalized spacial score (nSPS) is 14.0. The van der Waals surface area contributed by atoms with Crippen LogP contribution in [0.25, 0.3) is 49.5 Å². The molecule has 0 amide bonds. The van der Waals surface area contributed by atoms with Crippen molar-refractivity contribution in [1.82, 2.24) is 4.98 Å². The second-order valence-electron chi connectivity index (χ2n) is 11.7. The first kappa shape index (κ1) is 31.3. The van der Waals surface area contributed by atoms with Gasteiger partial charge in [-0.05, 0) is 110 Å². The molecule has 1 aliphatic carbocycles. The van der Waals surface area contributed by atoms with Gasteiger partial charge < -0.3 is 4.98 Å². The van der Waals surface area contributed by atoms with Gasteiger partial charge in [0.2, 0.25) is 0 Å². The van der Waals surface area contributed by atoms with Gasteiger partial charge >= 0.3 is 0 Å². The Morgan fingerprint density at radius 2 is 1.60 bits per heavy atom. The summed E-state index contributed by atoms with van der Waals surface area (Å²) in [7, 11) is 0. The predicted molar refractivity (Wildman–Crippen MR) is 206 cm³/mol. The van der Waals surface area contributed by atoms with Gasteiger partial charge in [-0.3, -0.25) is 4.99 Å². The largest absolute Gasteiger partial charge is 0.360 e. The first-order chi connectivity index (χ1) is 23.0. The molecule has 2 heteroatoms. The number of aromatic nitrogens is 1. The Labute approximate surface area is 278 Å². The highest BCUT2D eigenvalue weighted by atomic mass is 14.7. The minimum Gasteiger partial charge on any atom is -0.360 e. The number of allylic oxidation sites excluding steroid dienone is 10. The summed E-state index contributed by atoms with van der Waals surface area (Å²) < 4.78 is 0. The van der Waals surface area contributed by atoms with E-state index < -0.39 is 0 Å². The Morgan fingerprint density at radius 3 is 2.34 bits per heavy atom. The van der Waals surface area contributed by atoms with Crippen molar-refractivity contribution in [3.8, 4) is 11.1 Å². The Morgan fingerprint density at radius 1 is 0.830 bits per heavy atom. The van der Waals surface area contributed by atoms with E-state index >= 15 is 0 Å². The van der Waals surface area contributed by atoms with Crippen LogP contribution in [0.1, 0.15) is 43.0 Å². The Bertz CT molecular complexity index is 2240. The zero-order chi connectivity index (χ0) is 32.9. The molecule has 0 atom stereocenters. The zero-order valence-corrected chi connectivity index (χ0v) is 27.7. The van der Waals surface area contributed by atoms with Gasteiger partial charge in [0.1, 0.15) is 0 Å². The van der Waals surface area contributed by atoms with E-state index in [1.165, 1.54) is 49.6 Å². The lowest BCUT2D eigenvalue weighted by atomic mass is 9.89. The van der Waals surface area contributed by atoms with Gasteiger partial charge in [-0.15, -0.1) is 5.73 Å². The summed E-state index contributed by atoms with van der Waals surface area (Å²) in [5.41, 5.74) is 17.8. The highest BCUT2D eigenvalue weighted by Crippen LogP contribution is 2.37. The van der Waals surface area contributed by atoms with Gasteiger partial charge in [0, 0.05) is 28.9 Å². The van der Waals surface area contributed by atoms with E-state index in [0.717, 1.165) is 45.5 Å². The molecule has 0 saturated heterocycles. The molecule has 1 aromatic heterocycles. The van der Waals surface area contributed by atoms with Crippen LogP contribution in [0.5, 0.6) is 0 Å². The number of benzene rings is 4. The average molecular weight is 609 g/mol. The van der Waals surface area contributed by atoms with Crippen molar-refractivity contribution in [3.63, 3.8) is 0 Å². The number of H-pyrrole nitrogens is 1. The van der Waals surface area contributed by atoms with Gasteiger partial charge in [-0.2, -0.15) is 0 Å². The number of rotatable bonds is 8. The third-order valence-corrected chi connectivity index (χ3v) is 8.87. The molecule has 2 aliphatic rings. The predicted octanol–water partition coefficient (Wildman–Crippen LogP) is 12.0. The minimum absolute atomic E-state index is 0.752. The molecule has 230 valence electrons. The molecule has 4 aromatic carbocycles. The summed E-state index contributed by atoms with van der Waals surface area (Å²) in [6.45, 7) is 18.2. The van der Waals surface area contributed by atoms with Crippen LogP contribution in [0, 0.1) is 6.92 Å². The number of nitrogens with zero attached hydrogens (tertiary/aromatic N) is 1. The standard InChI is InChI=1S/C43H34N2.C2H6/c1-28-9-7-11-32(28)16-15-29(2)41(25-30(3)37-14-8-12-34-10-5-6-13-39(34)37)38-21-22-40-42(27-45-43(40)31(38)4)35-19-17-33(18-20-35)36-23-24-44-26-36;1-2/h5-6,8-25,27,45H,2-3,26H2,1,4H3;1-2H3/b16-15-,41-25-;. The van der Waals surface area contributed by atoms with Crippen LogP contribution in [-0.4, -0.2) is 17.7 Å². The van der Waals surface area contributed by atoms with Crippen LogP contribution in [0.2, 0.25) is 0 Å². The molecule has 47 heavy (non-hydrogen) atoms. The third kappa shape index (κ3) is 6.25.